The van der Waals surface area contributed by atoms with Gasteiger partial charge in [0.05, 0.1) is 0 Å². The second-order valence-corrected chi connectivity index (χ2v) is 4.40. The van der Waals surface area contributed by atoms with E-state index in [1.54, 1.807) is 0 Å². The van der Waals surface area contributed by atoms with E-state index in [0.717, 1.165) is 18.3 Å². The van der Waals surface area contributed by atoms with Gasteiger partial charge in [0.25, 0.3) is 0 Å². The Kier molecular flexibility index (Phi) is 8.59. The maximum atomic E-state index is 3.97. The zero-order valence-corrected chi connectivity index (χ0v) is 9.81. The van der Waals surface area contributed by atoms with Crippen LogP contribution in [0.25, 0.3) is 0 Å². The van der Waals surface area contributed by atoms with Crippen molar-refractivity contribution >= 4 is 0 Å². The van der Waals surface area contributed by atoms with Gasteiger partial charge in [-0.15, -0.1) is 0 Å². The summed E-state index contributed by atoms with van der Waals surface area (Å²) in [6.07, 6.45) is 9.48. The minimum absolute atomic E-state index is 0.826. The van der Waals surface area contributed by atoms with Crippen molar-refractivity contribution in [3.63, 3.8) is 0 Å². The zero-order chi connectivity index (χ0) is 10.1. The van der Waals surface area contributed by atoms with Crippen LogP contribution in [0.15, 0.2) is 0 Å². The molecule has 0 aliphatic rings. The summed E-state index contributed by atoms with van der Waals surface area (Å²) >= 11 is 0. The summed E-state index contributed by atoms with van der Waals surface area (Å²) in [5, 5.41) is 0. The molecule has 0 aliphatic heterocycles. The van der Waals surface area contributed by atoms with Crippen LogP contribution in [0.5, 0.6) is 0 Å². The number of hydrogen-bond acceptors (Lipinski definition) is 0. The molecular weight excluding hydrogens is 156 g/mol. The van der Waals surface area contributed by atoms with Crippen LogP contribution in [-0.2, 0) is 0 Å². The average Bonchev–Trinajstić information content (AvgIpc) is 2.16. The lowest BCUT2D eigenvalue weighted by atomic mass is 9.88. The fourth-order valence-electron chi connectivity index (χ4n) is 1.86. The van der Waals surface area contributed by atoms with Gasteiger partial charge in [-0.1, -0.05) is 66.2 Å². The quantitative estimate of drug-likeness (QED) is 0.472. The van der Waals surface area contributed by atoms with Crippen molar-refractivity contribution in [2.75, 3.05) is 0 Å². The monoisotopic (exact) mass is 183 g/mol. The third-order valence-corrected chi connectivity index (χ3v) is 3.02. The molecule has 0 N–H and O–H groups in total. The lowest BCUT2D eigenvalue weighted by molar-refractivity contribution is 0.350. The zero-order valence-electron chi connectivity index (χ0n) is 9.81. The molecule has 0 aromatic rings. The Morgan fingerprint density at radius 2 is 1.85 bits per heavy atom. The van der Waals surface area contributed by atoms with E-state index in [9.17, 15) is 0 Å². The van der Waals surface area contributed by atoms with Gasteiger partial charge in [0.15, 0.2) is 0 Å². The molecule has 2 unspecified atom stereocenters. The van der Waals surface area contributed by atoms with E-state index >= 15 is 0 Å². The smallest absolute Gasteiger partial charge is 0.0414 e. The topological polar surface area (TPSA) is 0 Å². The summed E-state index contributed by atoms with van der Waals surface area (Å²) in [7, 11) is 0. The van der Waals surface area contributed by atoms with Crippen LogP contribution < -0.4 is 0 Å². The molecule has 0 heterocycles. The van der Waals surface area contributed by atoms with Gasteiger partial charge in [-0.05, 0) is 18.3 Å². The van der Waals surface area contributed by atoms with E-state index in [-0.39, 0.29) is 0 Å². The van der Waals surface area contributed by atoms with Crippen LogP contribution in [0.1, 0.15) is 65.7 Å². The molecule has 2 atom stereocenters. The Hall–Kier alpha value is 0. The van der Waals surface area contributed by atoms with E-state index in [1.807, 2.05) is 0 Å². The van der Waals surface area contributed by atoms with Crippen molar-refractivity contribution in [1.29, 1.82) is 0 Å². The second kappa shape index (κ2) is 8.59. The van der Waals surface area contributed by atoms with E-state index in [1.165, 1.54) is 38.5 Å². The average molecular weight is 183 g/mol. The van der Waals surface area contributed by atoms with E-state index in [2.05, 4.69) is 27.7 Å². The highest BCUT2D eigenvalue weighted by atomic mass is 14.1. The highest BCUT2D eigenvalue weighted by Crippen LogP contribution is 2.23. The first-order chi connectivity index (χ1) is 6.24. The van der Waals surface area contributed by atoms with Crippen molar-refractivity contribution in [1.82, 2.24) is 0 Å². The maximum Gasteiger partial charge on any atom is -0.0414 e. The summed E-state index contributed by atoms with van der Waals surface area (Å²) in [6, 6.07) is 0. The summed E-state index contributed by atoms with van der Waals surface area (Å²) in [5.41, 5.74) is 0. The normalized spacial score (nSPS) is 15.7. The highest BCUT2D eigenvalue weighted by molar-refractivity contribution is 4.63. The minimum Gasteiger partial charge on any atom is -0.0654 e. The van der Waals surface area contributed by atoms with Gasteiger partial charge in [0, 0.05) is 0 Å². The Labute approximate surface area is 85.1 Å². The van der Waals surface area contributed by atoms with Crippen molar-refractivity contribution in [3.8, 4) is 0 Å². The van der Waals surface area contributed by atoms with Gasteiger partial charge in [0.2, 0.25) is 0 Å². The van der Waals surface area contributed by atoms with Crippen molar-refractivity contribution in [2.45, 2.75) is 65.7 Å². The fourth-order valence-corrected chi connectivity index (χ4v) is 1.86. The Balaban J connectivity index is 3.50. The van der Waals surface area contributed by atoms with E-state index in [0.29, 0.717) is 0 Å². The predicted molar refractivity (Wildman–Crippen MR) is 61.7 cm³/mol. The van der Waals surface area contributed by atoms with Crippen LogP contribution in [0.4, 0.5) is 0 Å². The maximum absolute atomic E-state index is 3.97. The molecule has 0 aromatic heterocycles. The molecule has 0 bridgehead atoms. The number of rotatable bonds is 8. The van der Waals surface area contributed by atoms with Crippen LogP contribution in [0, 0.1) is 18.8 Å². The molecule has 0 fully saturated rings. The highest BCUT2D eigenvalue weighted by Gasteiger charge is 2.09. The largest absolute Gasteiger partial charge is 0.0654 e. The SMILES string of the molecule is [CH2]CC(C)CC(CC)CCCCC. The third kappa shape index (κ3) is 7.10. The molecule has 0 aromatic carbocycles. The summed E-state index contributed by atoms with van der Waals surface area (Å²) in [4.78, 5) is 0. The molecule has 0 rings (SSSR count). The predicted octanol–water partition coefficient (Wildman–Crippen LogP) is 4.84. The molecule has 0 nitrogen and oxygen atoms in total. The van der Waals surface area contributed by atoms with E-state index < -0.39 is 0 Å². The molecule has 0 amide bonds. The molecule has 13 heavy (non-hydrogen) atoms. The van der Waals surface area contributed by atoms with Crippen LogP contribution >= 0.6 is 0 Å². The molecule has 0 spiro atoms. The van der Waals surface area contributed by atoms with Crippen LogP contribution in [0.2, 0.25) is 0 Å². The van der Waals surface area contributed by atoms with Gasteiger partial charge in [-0.25, -0.2) is 0 Å². The Morgan fingerprint density at radius 3 is 2.31 bits per heavy atom. The van der Waals surface area contributed by atoms with Gasteiger partial charge < -0.3 is 0 Å². The summed E-state index contributed by atoms with van der Waals surface area (Å²) < 4.78 is 0. The first-order valence-corrected chi connectivity index (χ1v) is 6.03. The first kappa shape index (κ1) is 13.0. The molecular formula is C13H27. The molecule has 0 aliphatic carbocycles. The van der Waals surface area contributed by atoms with Gasteiger partial charge in [0.1, 0.15) is 0 Å². The summed E-state index contributed by atoms with van der Waals surface area (Å²) in [5.74, 6) is 1.79. The van der Waals surface area contributed by atoms with Crippen molar-refractivity contribution in [3.05, 3.63) is 6.92 Å². The second-order valence-electron chi connectivity index (χ2n) is 4.40. The molecule has 79 valence electrons. The molecule has 0 heteroatoms. The lowest BCUT2D eigenvalue weighted by Gasteiger charge is -2.18. The summed E-state index contributed by atoms with van der Waals surface area (Å²) in [6.45, 7) is 10.9. The van der Waals surface area contributed by atoms with Gasteiger partial charge in [-0.2, -0.15) is 0 Å². The molecule has 1 radical (unpaired) electrons. The number of hydrogen-bond donors (Lipinski definition) is 0. The third-order valence-electron chi connectivity index (χ3n) is 3.02. The minimum atomic E-state index is 0.826. The Bertz CT molecular complexity index is 96.2. The van der Waals surface area contributed by atoms with Crippen LogP contribution in [-0.4, -0.2) is 0 Å². The van der Waals surface area contributed by atoms with E-state index in [4.69, 9.17) is 0 Å². The molecule has 0 saturated heterocycles. The first-order valence-electron chi connectivity index (χ1n) is 6.03. The van der Waals surface area contributed by atoms with Gasteiger partial charge in [-0.3, -0.25) is 0 Å². The van der Waals surface area contributed by atoms with Crippen LogP contribution in [0.3, 0.4) is 0 Å². The number of unbranched alkanes of at least 4 members (excludes halogenated alkanes) is 2. The molecule has 0 saturated carbocycles. The van der Waals surface area contributed by atoms with Crippen molar-refractivity contribution < 1.29 is 0 Å². The standard InChI is InChI=1S/C13H27/c1-5-8-9-10-13(7-3)11-12(4)6-2/h12-13H,2,5-11H2,1,3-4H3. The lowest BCUT2D eigenvalue weighted by Crippen LogP contribution is -2.05. The van der Waals surface area contributed by atoms with Gasteiger partial charge >= 0.3 is 0 Å². The van der Waals surface area contributed by atoms with Crippen molar-refractivity contribution in [2.24, 2.45) is 11.8 Å². The Morgan fingerprint density at radius 1 is 1.15 bits per heavy atom. The fraction of sp³-hybridized carbons (Fsp3) is 0.923.